The highest BCUT2D eigenvalue weighted by atomic mass is 127. The van der Waals surface area contributed by atoms with E-state index in [1.165, 1.54) is 30.3 Å². The normalized spacial score (nSPS) is 11.3. The Labute approximate surface area is 129 Å². The number of halogens is 2. The first-order valence-corrected chi connectivity index (χ1v) is 8.16. The third-order valence-electron chi connectivity index (χ3n) is 2.57. The lowest BCUT2D eigenvalue weighted by molar-refractivity contribution is 0.281. The first-order chi connectivity index (χ1) is 9.42. The minimum atomic E-state index is -3.77. The Morgan fingerprint density at radius 2 is 1.95 bits per heavy atom. The molecule has 0 amide bonds. The fourth-order valence-electron chi connectivity index (χ4n) is 1.59. The van der Waals surface area contributed by atoms with Crippen LogP contribution in [0.1, 0.15) is 5.56 Å². The molecule has 2 aromatic carbocycles. The van der Waals surface area contributed by atoms with E-state index in [0.717, 1.165) is 0 Å². The van der Waals surface area contributed by atoms with Gasteiger partial charge in [-0.2, -0.15) is 0 Å². The number of aliphatic hydroxyl groups is 1. The summed E-state index contributed by atoms with van der Waals surface area (Å²) in [6.45, 7) is -0.239. The minimum Gasteiger partial charge on any atom is -0.392 e. The van der Waals surface area contributed by atoms with Gasteiger partial charge in [0, 0.05) is 3.57 Å². The molecule has 2 aromatic rings. The topological polar surface area (TPSA) is 66.4 Å². The molecule has 2 rings (SSSR count). The van der Waals surface area contributed by atoms with Crippen LogP contribution in [0.15, 0.2) is 47.4 Å². The predicted molar refractivity (Wildman–Crippen MR) is 82.3 cm³/mol. The van der Waals surface area contributed by atoms with Gasteiger partial charge in [-0.05, 0) is 58.5 Å². The number of sulfonamides is 1. The van der Waals surface area contributed by atoms with Gasteiger partial charge in [-0.3, -0.25) is 4.72 Å². The minimum absolute atomic E-state index is 0.0455. The molecule has 0 saturated carbocycles. The lowest BCUT2D eigenvalue weighted by Gasteiger charge is -2.10. The number of rotatable bonds is 4. The van der Waals surface area contributed by atoms with Gasteiger partial charge in [-0.25, -0.2) is 12.8 Å². The maximum Gasteiger partial charge on any atom is 0.261 e. The highest BCUT2D eigenvalue weighted by Crippen LogP contribution is 2.23. The average molecular weight is 407 g/mol. The Morgan fingerprint density at radius 1 is 1.20 bits per heavy atom. The van der Waals surface area contributed by atoms with E-state index in [9.17, 15) is 12.8 Å². The summed E-state index contributed by atoms with van der Waals surface area (Å²) in [5.74, 6) is -0.431. The molecule has 0 unspecified atom stereocenters. The second kappa shape index (κ2) is 6.06. The summed E-state index contributed by atoms with van der Waals surface area (Å²) in [5, 5.41) is 9.03. The third-order valence-corrected chi connectivity index (χ3v) is 4.82. The standard InChI is InChI=1S/C13H11FINO3S/c14-10-4-5-13(12(15)7-10)16-20(18,19)11-3-1-2-9(6-11)8-17/h1-7,16-17H,8H2. The van der Waals surface area contributed by atoms with E-state index in [4.69, 9.17) is 5.11 Å². The summed E-state index contributed by atoms with van der Waals surface area (Å²) in [6.07, 6.45) is 0. The van der Waals surface area contributed by atoms with Crippen LogP contribution in [0.5, 0.6) is 0 Å². The first-order valence-electron chi connectivity index (χ1n) is 5.60. The molecule has 4 nitrogen and oxygen atoms in total. The summed E-state index contributed by atoms with van der Waals surface area (Å²) in [4.78, 5) is 0.0455. The Morgan fingerprint density at radius 3 is 2.60 bits per heavy atom. The average Bonchev–Trinajstić information content (AvgIpc) is 2.42. The van der Waals surface area contributed by atoms with Crippen molar-refractivity contribution in [3.05, 3.63) is 57.4 Å². The smallest absolute Gasteiger partial charge is 0.261 e. The van der Waals surface area contributed by atoms with E-state index in [0.29, 0.717) is 14.8 Å². The molecule has 0 saturated heterocycles. The van der Waals surface area contributed by atoms with Gasteiger partial charge in [-0.1, -0.05) is 12.1 Å². The molecule has 0 atom stereocenters. The molecule has 20 heavy (non-hydrogen) atoms. The van der Waals surface area contributed by atoms with Gasteiger partial charge in [0.1, 0.15) is 5.82 Å². The van der Waals surface area contributed by atoms with E-state index in [1.807, 2.05) is 22.6 Å². The summed E-state index contributed by atoms with van der Waals surface area (Å²) >= 11 is 1.85. The zero-order chi connectivity index (χ0) is 14.8. The fourth-order valence-corrected chi connectivity index (χ4v) is 3.53. The van der Waals surface area contributed by atoms with Gasteiger partial charge in [0.25, 0.3) is 10.0 Å². The van der Waals surface area contributed by atoms with Gasteiger partial charge < -0.3 is 5.11 Å². The third kappa shape index (κ3) is 3.47. The summed E-state index contributed by atoms with van der Waals surface area (Å²) in [6, 6.07) is 9.78. The number of nitrogens with one attached hydrogen (secondary N) is 1. The number of aliphatic hydroxyl groups excluding tert-OH is 1. The van der Waals surface area contributed by atoms with E-state index in [2.05, 4.69) is 4.72 Å². The van der Waals surface area contributed by atoms with Crippen molar-refractivity contribution in [2.24, 2.45) is 0 Å². The van der Waals surface area contributed by atoms with Crippen LogP contribution in [0.2, 0.25) is 0 Å². The largest absolute Gasteiger partial charge is 0.392 e. The molecular formula is C13H11FINO3S. The molecule has 0 aliphatic rings. The molecule has 0 aromatic heterocycles. The zero-order valence-electron chi connectivity index (χ0n) is 10.2. The van der Waals surface area contributed by atoms with Gasteiger partial charge in [0.2, 0.25) is 0 Å². The fraction of sp³-hybridized carbons (Fsp3) is 0.0769. The quantitative estimate of drug-likeness (QED) is 0.767. The van der Waals surface area contributed by atoms with Crippen LogP contribution in [0.25, 0.3) is 0 Å². The molecule has 0 aliphatic heterocycles. The van der Waals surface area contributed by atoms with E-state index >= 15 is 0 Å². The van der Waals surface area contributed by atoms with E-state index < -0.39 is 15.8 Å². The van der Waals surface area contributed by atoms with Crippen LogP contribution in [0.4, 0.5) is 10.1 Å². The van der Waals surface area contributed by atoms with Crippen molar-refractivity contribution in [2.45, 2.75) is 11.5 Å². The molecule has 0 fully saturated rings. The lowest BCUT2D eigenvalue weighted by atomic mass is 10.2. The van der Waals surface area contributed by atoms with Crippen molar-refractivity contribution in [3.63, 3.8) is 0 Å². The van der Waals surface area contributed by atoms with Crippen LogP contribution in [0, 0.1) is 9.39 Å². The van der Waals surface area contributed by atoms with Crippen molar-refractivity contribution in [2.75, 3.05) is 4.72 Å². The Kier molecular flexibility index (Phi) is 4.61. The highest BCUT2D eigenvalue weighted by molar-refractivity contribution is 14.1. The van der Waals surface area contributed by atoms with E-state index in [-0.39, 0.29) is 11.5 Å². The summed E-state index contributed by atoms with van der Waals surface area (Å²) < 4.78 is 40.3. The van der Waals surface area contributed by atoms with Crippen molar-refractivity contribution < 1.29 is 17.9 Å². The SMILES string of the molecule is O=S(=O)(Nc1ccc(F)cc1I)c1cccc(CO)c1. The second-order valence-electron chi connectivity index (χ2n) is 4.04. The number of anilines is 1. The first kappa shape index (κ1) is 15.2. The van der Waals surface area contributed by atoms with Gasteiger partial charge in [-0.15, -0.1) is 0 Å². The Hall–Kier alpha value is -1.19. The van der Waals surface area contributed by atoms with E-state index in [1.54, 1.807) is 12.1 Å². The highest BCUT2D eigenvalue weighted by Gasteiger charge is 2.16. The number of hydrogen-bond acceptors (Lipinski definition) is 3. The molecule has 2 N–H and O–H groups in total. The summed E-state index contributed by atoms with van der Waals surface area (Å²) in [7, 11) is -3.77. The van der Waals surface area contributed by atoms with Crippen LogP contribution in [-0.2, 0) is 16.6 Å². The molecule has 0 radical (unpaired) electrons. The zero-order valence-corrected chi connectivity index (χ0v) is 13.2. The molecule has 0 aliphatic carbocycles. The summed E-state index contributed by atoms with van der Waals surface area (Å²) in [5.41, 5.74) is 0.808. The van der Waals surface area contributed by atoms with Gasteiger partial charge in [0.05, 0.1) is 17.2 Å². The molecular weight excluding hydrogens is 396 g/mol. The Bertz CT molecular complexity index is 734. The van der Waals surface area contributed by atoms with Crippen molar-refractivity contribution >= 4 is 38.3 Å². The number of hydrogen-bond donors (Lipinski definition) is 2. The van der Waals surface area contributed by atoms with Crippen LogP contribution in [0.3, 0.4) is 0 Å². The maximum atomic E-state index is 13.0. The molecule has 7 heteroatoms. The lowest BCUT2D eigenvalue weighted by Crippen LogP contribution is -2.14. The van der Waals surface area contributed by atoms with Gasteiger partial charge in [0.15, 0.2) is 0 Å². The van der Waals surface area contributed by atoms with Crippen LogP contribution >= 0.6 is 22.6 Å². The molecule has 106 valence electrons. The van der Waals surface area contributed by atoms with Crippen molar-refractivity contribution in [1.82, 2.24) is 0 Å². The van der Waals surface area contributed by atoms with Crippen molar-refractivity contribution in [3.8, 4) is 0 Å². The Balaban J connectivity index is 2.35. The van der Waals surface area contributed by atoms with Crippen molar-refractivity contribution in [1.29, 1.82) is 0 Å². The predicted octanol–water partition coefficient (Wildman–Crippen LogP) is 2.72. The maximum absolute atomic E-state index is 13.0. The molecule has 0 bridgehead atoms. The van der Waals surface area contributed by atoms with Crippen LogP contribution < -0.4 is 4.72 Å². The number of benzene rings is 2. The molecule has 0 spiro atoms. The molecule has 0 heterocycles. The second-order valence-corrected chi connectivity index (χ2v) is 6.88. The van der Waals surface area contributed by atoms with Gasteiger partial charge >= 0.3 is 0 Å². The van der Waals surface area contributed by atoms with Crippen LogP contribution in [-0.4, -0.2) is 13.5 Å². The monoisotopic (exact) mass is 407 g/mol.